The Bertz CT molecular complexity index is 637. The number of hydrogen-bond acceptors (Lipinski definition) is 3. The summed E-state index contributed by atoms with van der Waals surface area (Å²) in [4.78, 5) is 15.3. The highest BCUT2D eigenvalue weighted by Crippen LogP contribution is 2.19. The predicted octanol–water partition coefficient (Wildman–Crippen LogP) is 2.99. The first-order valence-electron chi connectivity index (χ1n) is 6.28. The number of carbonyl (C=O) groups is 1. The van der Waals surface area contributed by atoms with E-state index in [-0.39, 0.29) is 24.1 Å². The second-order valence-electron chi connectivity index (χ2n) is 4.36. The molecular formula is C15H14ClFN2O2. The quantitative estimate of drug-likeness (QED) is 0.864. The number of nitrogens with zero attached hydrogens (tertiary/aromatic N) is 1. The minimum absolute atomic E-state index is 0.212. The number of nitrogens with one attached hydrogen (secondary N) is 1. The largest absolute Gasteiger partial charge is 0.375 e. The van der Waals surface area contributed by atoms with E-state index in [2.05, 4.69) is 10.3 Å². The van der Waals surface area contributed by atoms with E-state index in [1.54, 1.807) is 19.2 Å². The Morgan fingerprint density at radius 1 is 1.43 bits per heavy atom. The van der Waals surface area contributed by atoms with Gasteiger partial charge in [0.05, 0.1) is 6.10 Å². The Labute approximate surface area is 126 Å². The number of rotatable bonds is 5. The summed E-state index contributed by atoms with van der Waals surface area (Å²) in [5.74, 6) is -1.08. The van der Waals surface area contributed by atoms with Crippen molar-refractivity contribution >= 4 is 17.5 Å². The molecule has 6 heteroatoms. The van der Waals surface area contributed by atoms with Gasteiger partial charge in [-0.05, 0) is 23.8 Å². The Balaban J connectivity index is 2.02. The van der Waals surface area contributed by atoms with Crippen LogP contribution in [0.15, 0.2) is 42.6 Å². The first-order valence-corrected chi connectivity index (χ1v) is 6.66. The fraction of sp³-hybridized carbons (Fsp3) is 0.200. The van der Waals surface area contributed by atoms with Gasteiger partial charge in [-0.25, -0.2) is 4.98 Å². The number of amides is 1. The van der Waals surface area contributed by atoms with Gasteiger partial charge >= 0.3 is 0 Å². The Kier molecular flexibility index (Phi) is 5.25. The van der Waals surface area contributed by atoms with E-state index in [0.717, 1.165) is 11.6 Å². The second-order valence-corrected chi connectivity index (χ2v) is 4.79. The van der Waals surface area contributed by atoms with Gasteiger partial charge in [-0.15, -0.1) is 0 Å². The molecule has 1 N–H and O–H groups in total. The molecule has 110 valence electrons. The van der Waals surface area contributed by atoms with E-state index in [4.69, 9.17) is 16.3 Å². The van der Waals surface area contributed by atoms with Crippen molar-refractivity contribution in [1.82, 2.24) is 10.3 Å². The van der Waals surface area contributed by atoms with Gasteiger partial charge in [0.2, 0.25) is 5.95 Å². The van der Waals surface area contributed by atoms with Crippen molar-refractivity contribution in [3.05, 3.63) is 64.7 Å². The van der Waals surface area contributed by atoms with E-state index >= 15 is 0 Å². The molecule has 2 aromatic rings. The van der Waals surface area contributed by atoms with Crippen molar-refractivity contribution in [2.24, 2.45) is 0 Å². The van der Waals surface area contributed by atoms with Crippen LogP contribution in [0, 0.1) is 5.95 Å². The summed E-state index contributed by atoms with van der Waals surface area (Å²) < 4.78 is 18.3. The summed E-state index contributed by atoms with van der Waals surface area (Å²) in [5.41, 5.74) is 1.06. The van der Waals surface area contributed by atoms with Crippen LogP contribution in [0.4, 0.5) is 4.39 Å². The average Bonchev–Trinajstić information content (AvgIpc) is 2.48. The van der Waals surface area contributed by atoms with Crippen LogP contribution < -0.4 is 5.32 Å². The average molecular weight is 309 g/mol. The molecule has 21 heavy (non-hydrogen) atoms. The number of ether oxygens (including phenoxy) is 1. The Morgan fingerprint density at radius 3 is 2.90 bits per heavy atom. The van der Waals surface area contributed by atoms with Crippen LogP contribution in [0.5, 0.6) is 0 Å². The maximum absolute atomic E-state index is 13.0. The predicted molar refractivity (Wildman–Crippen MR) is 77.7 cm³/mol. The first-order chi connectivity index (χ1) is 10.1. The molecule has 4 nitrogen and oxygen atoms in total. The highest BCUT2D eigenvalue weighted by molar-refractivity contribution is 6.30. The Morgan fingerprint density at radius 2 is 2.24 bits per heavy atom. The summed E-state index contributed by atoms with van der Waals surface area (Å²) in [7, 11) is 1.55. The molecule has 0 bridgehead atoms. The zero-order valence-corrected chi connectivity index (χ0v) is 12.1. The SMILES string of the molecule is CO[C@H](CNC(=O)c1ccnc(F)c1)c1cccc(Cl)c1. The lowest BCUT2D eigenvalue weighted by Gasteiger charge is -2.16. The molecule has 1 atom stereocenters. The number of aromatic nitrogens is 1. The molecule has 0 saturated carbocycles. The maximum Gasteiger partial charge on any atom is 0.251 e. The lowest BCUT2D eigenvalue weighted by Crippen LogP contribution is -2.29. The third-order valence-corrected chi connectivity index (χ3v) is 3.18. The number of hydrogen-bond donors (Lipinski definition) is 1. The highest BCUT2D eigenvalue weighted by Gasteiger charge is 2.13. The molecule has 1 aromatic carbocycles. The van der Waals surface area contributed by atoms with E-state index in [9.17, 15) is 9.18 Å². The summed E-state index contributed by atoms with van der Waals surface area (Å²) in [6.45, 7) is 0.250. The molecule has 0 unspecified atom stereocenters. The zero-order valence-electron chi connectivity index (χ0n) is 11.3. The smallest absolute Gasteiger partial charge is 0.251 e. The highest BCUT2D eigenvalue weighted by atomic mass is 35.5. The molecule has 0 aliphatic rings. The Hall–Kier alpha value is -1.98. The maximum atomic E-state index is 13.0. The third-order valence-electron chi connectivity index (χ3n) is 2.94. The second kappa shape index (κ2) is 7.15. The molecule has 0 radical (unpaired) electrons. The number of carbonyl (C=O) groups excluding carboxylic acids is 1. The topological polar surface area (TPSA) is 51.2 Å². The molecule has 1 aromatic heterocycles. The van der Waals surface area contributed by atoms with Crippen molar-refractivity contribution in [1.29, 1.82) is 0 Å². The molecule has 0 spiro atoms. The number of methoxy groups -OCH3 is 1. The summed E-state index contributed by atoms with van der Waals surface area (Å²) in [5, 5.41) is 3.29. The zero-order chi connectivity index (χ0) is 15.2. The summed E-state index contributed by atoms with van der Waals surface area (Å²) in [6.07, 6.45) is 0.911. The van der Waals surface area contributed by atoms with Gasteiger partial charge in [0.25, 0.3) is 5.91 Å². The molecule has 0 aliphatic heterocycles. The number of benzene rings is 1. The number of halogens is 2. The summed E-state index contributed by atoms with van der Waals surface area (Å²) in [6, 6.07) is 9.72. The molecule has 0 saturated heterocycles. The van der Waals surface area contributed by atoms with Gasteiger partial charge < -0.3 is 10.1 Å². The first kappa shape index (κ1) is 15.4. The molecular weight excluding hydrogens is 295 g/mol. The lowest BCUT2D eigenvalue weighted by molar-refractivity contribution is 0.0827. The summed E-state index contributed by atoms with van der Waals surface area (Å²) >= 11 is 5.93. The van der Waals surface area contributed by atoms with E-state index in [1.165, 1.54) is 12.3 Å². The van der Waals surface area contributed by atoms with Crippen molar-refractivity contribution < 1.29 is 13.9 Å². The van der Waals surface area contributed by atoms with Gasteiger partial charge in [-0.1, -0.05) is 23.7 Å². The monoisotopic (exact) mass is 308 g/mol. The van der Waals surface area contributed by atoms with Crippen LogP contribution in [-0.2, 0) is 4.74 Å². The molecule has 2 rings (SSSR count). The van der Waals surface area contributed by atoms with Gasteiger partial charge in [0, 0.05) is 36.5 Å². The normalized spacial score (nSPS) is 12.0. The standard InChI is InChI=1S/C15H14ClFN2O2/c1-21-13(10-3-2-4-12(16)7-10)9-19-15(20)11-5-6-18-14(17)8-11/h2-8,13H,9H2,1H3,(H,19,20)/t13-/m1/s1. The molecule has 1 amide bonds. The molecule has 1 heterocycles. The van der Waals surface area contributed by atoms with Crippen molar-refractivity contribution in [3.63, 3.8) is 0 Å². The molecule has 0 aliphatic carbocycles. The van der Waals surface area contributed by atoms with Crippen LogP contribution in [-0.4, -0.2) is 24.5 Å². The van der Waals surface area contributed by atoms with Crippen molar-refractivity contribution in [2.45, 2.75) is 6.10 Å². The lowest BCUT2D eigenvalue weighted by atomic mass is 10.1. The fourth-order valence-electron chi connectivity index (χ4n) is 1.88. The van der Waals surface area contributed by atoms with Crippen molar-refractivity contribution in [3.8, 4) is 0 Å². The minimum atomic E-state index is -0.694. The van der Waals surface area contributed by atoms with Crippen LogP contribution in [0.25, 0.3) is 0 Å². The third kappa shape index (κ3) is 4.24. The van der Waals surface area contributed by atoms with Crippen LogP contribution in [0.3, 0.4) is 0 Å². The van der Waals surface area contributed by atoms with Crippen molar-refractivity contribution in [2.75, 3.05) is 13.7 Å². The minimum Gasteiger partial charge on any atom is -0.375 e. The van der Waals surface area contributed by atoms with E-state index < -0.39 is 5.95 Å². The van der Waals surface area contributed by atoms with Gasteiger partial charge in [0.1, 0.15) is 0 Å². The fourth-order valence-corrected chi connectivity index (χ4v) is 2.07. The van der Waals surface area contributed by atoms with Crippen LogP contribution in [0.1, 0.15) is 22.0 Å². The van der Waals surface area contributed by atoms with Crippen LogP contribution in [0.2, 0.25) is 5.02 Å². The van der Waals surface area contributed by atoms with Gasteiger partial charge in [-0.2, -0.15) is 4.39 Å². The number of pyridine rings is 1. The van der Waals surface area contributed by atoms with Crippen LogP contribution >= 0.6 is 11.6 Å². The van der Waals surface area contributed by atoms with E-state index in [1.807, 2.05) is 12.1 Å². The van der Waals surface area contributed by atoms with E-state index in [0.29, 0.717) is 5.02 Å². The molecule has 0 fully saturated rings. The van der Waals surface area contributed by atoms with Gasteiger partial charge in [-0.3, -0.25) is 4.79 Å². The van der Waals surface area contributed by atoms with Gasteiger partial charge in [0.15, 0.2) is 0 Å².